The summed E-state index contributed by atoms with van der Waals surface area (Å²) in [6, 6.07) is 14.2. The number of nitrogens with two attached hydrogens (primary N) is 1. The molecule has 12 heteroatoms. The number of aromatic nitrogens is 4. The summed E-state index contributed by atoms with van der Waals surface area (Å²) in [6.07, 6.45) is 3.12. The van der Waals surface area contributed by atoms with E-state index in [1.165, 1.54) is 24.1 Å². The summed E-state index contributed by atoms with van der Waals surface area (Å²) in [7, 11) is 0. The Morgan fingerprint density at radius 1 is 1.21 bits per heavy atom. The number of hydrogen-bond donors (Lipinski definition) is 1. The van der Waals surface area contributed by atoms with Crippen molar-refractivity contribution in [3.05, 3.63) is 91.9 Å². The number of imidazole rings is 1. The Morgan fingerprint density at radius 2 is 2.06 bits per heavy atom. The number of nitro benzene ring substituents is 1. The number of anilines is 1. The molecule has 0 saturated heterocycles. The normalized spacial score (nSPS) is 15.1. The highest BCUT2D eigenvalue weighted by atomic mass is 79.9. The zero-order valence-electron chi connectivity index (χ0n) is 17.5. The molecule has 0 aliphatic carbocycles. The van der Waals surface area contributed by atoms with E-state index in [0.29, 0.717) is 34.7 Å². The second kappa shape index (κ2) is 9.31. The molecule has 10 nitrogen and oxygen atoms in total. The zero-order chi connectivity index (χ0) is 23.7. The number of aryl methyl sites for hydroxylation is 2. The minimum absolute atomic E-state index is 0.0581. The van der Waals surface area contributed by atoms with E-state index < -0.39 is 11.2 Å². The fraction of sp³-hybridized carbons (Fsp3) is 0.136. The van der Waals surface area contributed by atoms with Gasteiger partial charge in [-0.15, -0.1) is 0 Å². The minimum Gasteiger partial charge on any atom is -0.454 e. The molecule has 2 N–H and O–H groups in total. The molecule has 34 heavy (non-hydrogen) atoms. The maximum Gasteiger partial charge on any atom is 0.269 e. The average molecular weight is 541 g/mol. The lowest BCUT2D eigenvalue weighted by Gasteiger charge is -2.12. The van der Waals surface area contributed by atoms with Crippen LogP contribution in [0.4, 0.5) is 11.5 Å². The van der Waals surface area contributed by atoms with Gasteiger partial charge in [-0.3, -0.25) is 10.1 Å². The molecular formula is C22H17BrN6O4S. The predicted octanol–water partition coefficient (Wildman–Crippen LogP) is 4.91. The largest absolute Gasteiger partial charge is 0.454 e. The molecule has 172 valence electrons. The van der Waals surface area contributed by atoms with Crippen molar-refractivity contribution in [2.24, 2.45) is 0 Å². The van der Waals surface area contributed by atoms with Gasteiger partial charge in [0.1, 0.15) is 6.26 Å². The summed E-state index contributed by atoms with van der Waals surface area (Å²) in [5, 5.41) is 12.0. The number of nitrogens with zero attached hydrogens (tertiary/aromatic N) is 5. The first-order valence-corrected chi connectivity index (χ1v) is 11.7. The standard InChI is InChI=1S/C22H17BrN6O4S/c23-16-7-2-1-6-15(16)21-32-11-17(33-21)34-22-26-18-19(24)25-12-28(20(18)27-22)9-8-13-4-3-5-14(10-13)29(30)31/h1-7,10-12,21H,8-9,24H2. The maximum atomic E-state index is 11.0. The topological polar surface area (TPSA) is 131 Å². The van der Waals surface area contributed by atoms with Gasteiger partial charge >= 0.3 is 0 Å². The van der Waals surface area contributed by atoms with E-state index >= 15 is 0 Å². The Hall–Kier alpha value is -3.64. The first kappa shape index (κ1) is 22.2. The van der Waals surface area contributed by atoms with Crippen molar-refractivity contribution in [3.63, 3.8) is 0 Å². The van der Waals surface area contributed by atoms with Gasteiger partial charge in [-0.05, 0) is 29.8 Å². The predicted molar refractivity (Wildman–Crippen MR) is 129 cm³/mol. The molecule has 5 rings (SSSR count). The Kier molecular flexibility index (Phi) is 6.07. The van der Waals surface area contributed by atoms with Crippen LogP contribution in [-0.2, 0) is 22.4 Å². The Balaban J connectivity index is 1.31. The Bertz CT molecular complexity index is 1380. The third kappa shape index (κ3) is 4.54. The van der Waals surface area contributed by atoms with Crippen LogP contribution < -0.4 is 5.73 Å². The van der Waals surface area contributed by atoms with Crippen LogP contribution in [0, 0.1) is 10.1 Å². The van der Waals surface area contributed by atoms with Gasteiger partial charge in [0.15, 0.2) is 22.5 Å². The highest BCUT2D eigenvalue weighted by Crippen LogP contribution is 2.40. The summed E-state index contributed by atoms with van der Waals surface area (Å²) in [5.41, 5.74) is 8.28. The van der Waals surface area contributed by atoms with E-state index in [9.17, 15) is 10.1 Å². The number of rotatable bonds is 7. The van der Waals surface area contributed by atoms with E-state index in [-0.39, 0.29) is 11.5 Å². The van der Waals surface area contributed by atoms with Crippen LogP contribution in [0.5, 0.6) is 0 Å². The molecule has 1 unspecified atom stereocenters. The van der Waals surface area contributed by atoms with Crippen molar-refractivity contribution in [3.8, 4) is 11.5 Å². The second-order valence-electron chi connectivity index (χ2n) is 7.32. The number of fused-ring (bicyclic) bond motifs is 1. The number of benzene rings is 2. The fourth-order valence-electron chi connectivity index (χ4n) is 3.44. The van der Waals surface area contributed by atoms with E-state index in [0.717, 1.165) is 15.6 Å². The van der Waals surface area contributed by atoms with Gasteiger partial charge in [-0.1, -0.05) is 46.3 Å². The van der Waals surface area contributed by atoms with Crippen molar-refractivity contribution in [2.75, 3.05) is 5.73 Å². The smallest absolute Gasteiger partial charge is 0.269 e. The van der Waals surface area contributed by atoms with E-state index in [1.54, 1.807) is 18.5 Å². The number of nitrogen functional groups attached to an aromatic ring is 1. The van der Waals surface area contributed by atoms with Crippen molar-refractivity contribution in [1.29, 1.82) is 0 Å². The lowest BCUT2D eigenvalue weighted by Crippen LogP contribution is -2.10. The molecule has 0 amide bonds. The second-order valence-corrected chi connectivity index (χ2v) is 9.15. The van der Waals surface area contributed by atoms with Crippen LogP contribution in [0.15, 0.2) is 75.8 Å². The van der Waals surface area contributed by atoms with Crippen molar-refractivity contribution >= 4 is 39.2 Å². The van der Waals surface area contributed by atoms with Crippen LogP contribution in [0.25, 0.3) is 11.5 Å². The molecule has 3 heterocycles. The summed E-state index contributed by atoms with van der Waals surface area (Å²) in [5.74, 6) is 0.840. The van der Waals surface area contributed by atoms with Gasteiger partial charge in [0, 0.05) is 28.7 Å². The molecule has 0 spiro atoms. The fourth-order valence-corrected chi connectivity index (χ4v) is 4.60. The number of ether oxygens (including phenoxy) is 2. The van der Waals surface area contributed by atoms with E-state index in [4.69, 9.17) is 15.2 Å². The molecule has 0 radical (unpaired) electrons. The highest BCUT2D eigenvalue weighted by molar-refractivity contribution is 9.10. The van der Waals surface area contributed by atoms with Gasteiger partial charge in [0.05, 0.1) is 11.3 Å². The summed E-state index contributed by atoms with van der Waals surface area (Å²) in [6.45, 7) is 0.500. The number of thioether (sulfide) groups is 1. The van der Waals surface area contributed by atoms with E-state index in [1.807, 2.05) is 34.9 Å². The number of non-ortho nitro benzene ring substituents is 1. The lowest BCUT2D eigenvalue weighted by atomic mass is 10.1. The van der Waals surface area contributed by atoms with Crippen molar-refractivity contribution in [1.82, 2.24) is 19.5 Å². The highest BCUT2D eigenvalue weighted by Gasteiger charge is 2.27. The zero-order valence-corrected chi connectivity index (χ0v) is 19.9. The van der Waals surface area contributed by atoms with Crippen LogP contribution in [0.1, 0.15) is 17.4 Å². The molecule has 1 atom stereocenters. The van der Waals surface area contributed by atoms with E-state index in [2.05, 4.69) is 30.9 Å². The van der Waals surface area contributed by atoms with Crippen LogP contribution >= 0.6 is 27.7 Å². The molecule has 0 fully saturated rings. The first-order chi connectivity index (χ1) is 16.5. The summed E-state index contributed by atoms with van der Waals surface area (Å²) < 4.78 is 14.3. The van der Waals surface area contributed by atoms with Crippen LogP contribution in [0.3, 0.4) is 0 Å². The first-order valence-electron chi connectivity index (χ1n) is 10.1. The molecule has 2 aromatic rings. The Labute approximate surface area is 206 Å². The minimum atomic E-state index is -0.561. The van der Waals surface area contributed by atoms with Crippen molar-refractivity contribution < 1.29 is 14.4 Å². The van der Waals surface area contributed by atoms with Crippen molar-refractivity contribution in [2.45, 2.75) is 24.4 Å². The van der Waals surface area contributed by atoms with Gasteiger partial charge in [-0.2, -0.15) is 0 Å². The lowest BCUT2D eigenvalue weighted by molar-refractivity contribution is -0.384. The monoisotopic (exact) mass is 540 g/mol. The van der Waals surface area contributed by atoms with Crippen LogP contribution in [-0.4, -0.2) is 24.4 Å². The third-order valence-electron chi connectivity index (χ3n) is 5.10. The summed E-state index contributed by atoms with van der Waals surface area (Å²) in [4.78, 5) is 24.0. The third-order valence-corrected chi connectivity index (χ3v) is 6.58. The number of hydrogen-bond acceptors (Lipinski definition) is 9. The molecule has 0 aromatic heterocycles. The molecule has 3 aliphatic rings. The molecule has 0 saturated carbocycles. The quantitative estimate of drug-likeness (QED) is 0.256. The van der Waals surface area contributed by atoms with Crippen LogP contribution in [0.2, 0.25) is 0 Å². The van der Waals surface area contributed by atoms with Gasteiger partial charge in [0.25, 0.3) is 12.0 Å². The molecular weight excluding hydrogens is 524 g/mol. The van der Waals surface area contributed by atoms with Gasteiger partial charge in [0.2, 0.25) is 5.09 Å². The SMILES string of the molecule is Nc1ncn(CCc2cccc([N+](=O)[O-])c2)c2nc(SC3=COC(c4ccccc4Br)O3)nc1-2. The molecule has 2 aromatic carbocycles. The number of halogens is 1. The molecule has 0 bridgehead atoms. The number of nitro groups is 1. The summed E-state index contributed by atoms with van der Waals surface area (Å²) >= 11 is 4.73. The molecule has 3 aliphatic heterocycles. The van der Waals surface area contributed by atoms with Gasteiger partial charge in [-0.25, -0.2) is 15.0 Å². The average Bonchev–Trinajstić information content (AvgIpc) is 3.47. The Morgan fingerprint density at radius 3 is 2.88 bits per heavy atom. The van der Waals surface area contributed by atoms with Gasteiger partial charge < -0.3 is 19.8 Å². The maximum absolute atomic E-state index is 11.0.